The normalized spacial score (nSPS) is 17.2. The molecule has 6 nitrogen and oxygen atoms in total. The van der Waals surface area contributed by atoms with Gasteiger partial charge >= 0.3 is 0 Å². The molecule has 0 bridgehead atoms. The largest absolute Gasteiger partial charge is 0.468 e. The minimum atomic E-state index is 0.242. The van der Waals surface area contributed by atoms with Crippen LogP contribution < -0.4 is 10.6 Å². The molecule has 3 heterocycles. The molecule has 2 aromatic rings. The van der Waals surface area contributed by atoms with Crippen molar-refractivity contribution in [2.24, 2.45) is 4.99 Å². The first-order valence-corrected chi connectivity index (χ1v) is 9.27. The number of hydrogen-bond acceptors (Lipinski definition) is 5. The summed E-state index contributed by atoms with van der Waals surface area (Å²) in [5, 5.41) is 6.80. The lowest BCUT2D eigenvalue weighted by Crippen LogP contribution is -2.42. The number of aliphatic imine (C=N–C) groups is 1. The number of aromatic nitrogens is 1. The Labute approximate surface area is 147 Å². The van der Waals surface area contributed by atoms with E-state index in [1.807, 2.05) is 18.5 Å². The number of nitrogens with one attached hydrogen (secondary N) is 2. The summed E-state index contributed by atoms with van der Waals surface area (Å²) in [6.45, 7) is 5.79. The number of aryl methyl sites for hydroxylation is 1. The second kappa shape index (κ2) is 8.30. The lowest BCUT2D eigenvalue weighted by atomic mass is 10.2. The molecular weight excluding hydrogens is 322 g/mol. The molecule has 0 aromatic carbocycles. The summed E-state index contributed by atoms with van der Waals surface area (Å²) in [5.41, 5.74) is 2.96. The van der Waals surface area contributed by atoms with Crippen LogP contribution in [0.4, 0.5) is 0 Å². The van der Waals surface area contributed by atoms with E-state index in [0.717, 1.165) is 43.6 Å². The van der Waals surface area contributed by atoms with Crippen molar-refractivity contribution in [2.75, 3.05) is 26.7 Å². The molecule has 1 saturated heterocycles. The minimum Gasteiger partial charge on any atom is -0.468 e. The summed E-state index contributed by atoms with van der Waals surface area (Å²) >= 11 is 1.67. The third-order valence-corrected chi connectivity index (χ3v) is 5.34. The Hall–Kier alpha value is -1.86. The van der Waals surface area contributed by atoms with E-state index in [2.05, 4.69) is 31.6 Å². The SMILES string of the molecule is CN=C(NCc1scnc1C)NCC(c1ccco1)N1CCCC1. The predicted octanol–water partition coefficient (Wildman–Crippen LogP) is 2.55. The van der Waals surface area contributed by atoms with Gasteiger partial charge in [0.05, 0.1) is 30.1 Å². The van der Waals surface area contributed by atoms with Crippen LogP contribution in [0.3, 0.4) is 0 Å². The third-order valence-electron chi connectivity index (χ3n) is 4.40. The Morgan fingerprint density at radius 1 is 1.42 bits per heavy atom. The van der Waals surface area contributed by atoms with E-state index in [1.165, 1.54) is 17.7 Å². The van der Waals surface area contributed by atoms with Gasteiger partial charge in [0.2, 0.25) is 0 Å². The van der Waals surface area contributed by atoms with Crippen LogP contribution in [0.15, 0.2) is 33.3 Å². The van der Waals surface area contributed by atoms with Crippen LogP contribution in [0, 0.1) is 6.92 Å². The molecule has 0 spiro atoms. The Morgan fingerprint density at radius 2 is 2.25 bits per heavy atom. The van der Waals surface area contributed by atoms with Crippen molar-refractivity contribution >= 4 is 17.3 Å². The fourth-order valence-corrected chi connectivity index (χ4v) is 3.73. The molecule has 0 saturated carbocycles. The number of guanidine groups is 1. The Balaban J connectivity index is 1.57. The minimum absolute atomic E-state index is 0.242. The number of hydrogen-bond donors (Lipinski definition) is 2. The van der Waals surface area contributed by atoms with Crippen LogP contribution in [0.1, 0.15) is 35.2 Å². The summed E-state index contributed by atoms with van der Waals surface area (Å²) in [5.74, 6) is 1.82. The molecule has 3 rings (SSSR count). The molecule has 0 amide bonds. The second-order valence-electron chi connectivity index (χ2n) is 5.94. The molecule has 130 valence electrons. The molecule has 1 unspecified atom stereocenters. The van der Waals surface area contributed by atoms with Crippen molar-refractivity contribution in [3.8, 4) is 0 Å². The number of furan rings is 1. The molecule has 2 aromatic heterocycles. The molecule has 1 aliphatic heterocycles. The quantitative estimate of drug-likeness (QED) is 0.621. The van der Waals surface area contributed by atoms with Gasteiger partial charge in [-0.2, -0.15) is 0 Å². The second-order valence-corrected chi connectivity index (χ2v) is 6.88. The first kappa shape index (κ1) is 17.0. The highest BCUT2D eigenvalue weighted by Crippen LogP contribution is 2.24. The van der Waals surface area contributed by atoms with Crippen LogP contribution in [0.5, 0.6) is 0 Å². The average molecular weight is 347 g/mol. The topological polar surface area (TPSA) is 65.7 Å². The van der Waals surface area contributed by atoms with E-state index in [1.54, 1.807) is 24.6 Å². The van der Waals surface area contributed by atoms with Crippen LogP contribution in [-0.4, -0.2) is 42.5 Å². The zero-order valence-electron chi connectivity index (χ0n) is 14.3. The van der Waals surface area contributed by atoms with Gasteiger partial charge in [-0.05, 0) is 45.0 Å². The van der Waals surface area contributed by atoms with Gasteiger partial charge in [-0.3, -0.25) is 9.89 Å². The van der Waals surface area contributed by atoms with Crippen LogP contribution in [0.2, 0.25) is 0 Å². The van der Waals surface area contributed by atoms with Gasteiger partial charge in [0.15, 0.2) is 5.96 Å². The Bertz CT molecular complexity index is 646. The molecule has 24 heavy (non-hydrogen) atoms. The summed E-state index contributed by atoms with van der Waals surface area (Å²) in [6.07, 6.45) is 4.27. The Morgan fingerprint density at radius 3 is 2.88 bits per heavy atom. The van der Waals surface area contributed by atoms with Gasteiger partial charge in [-0.1, -0.05) is 0 Å². The summed E-state index contributed by atoms with van der Waals surface area (Å²) in [7, 11) is 1.80. The highest BCUT2D eigenvalue weighted by Gasteiger charge is 2.25. The van der Waals surface area contributed by atoms with E-state index in [0.29, 0.717) is 0 Å². The van der Waals surface area contributed by atoms with E-state index in [4.69, 9.17) is 4.42 Å². The van der Waals surface area contributed by atoms with Gasteiger partial charge in [-0.25, -0.2) is 4.98 Å². The zero-order chi connectivity index (χ0) is 16.8. The van der Waals surface area contributed by atoms with E-state index < -0.39 is 0 Å². The fraction of sp³-hybridized carbons (Fsp3) is 0.529. The van der Waals surface area contributed by atoms with Crippen molar-refractivity contribution in [2.45, 2.75) is 32.4 Å². The molecule has 1 atom stereocenters. The Kier molecular flexibility index (Phi) is 5.87. The molecule has 1 aliphatic rings. The fourth-order valence-electron chi connectivity index (χ4n) is 3.02. The third kappa shape index (κ3) is 4.15. The van der Waals surface area contributed by atoms with Crippen molar-refractivity contribution in [3.63, 3.8) is 0 Å². The van der Waals surface area contributed by atoms with Crippen molar-refractivity contribution in [3.05, 3.63) is 40.2 Å². The average Bonchev–Trinajstić information content (AvgIpc) is 3.34. The van der Waals surface area contributed by atoms with Crippen molar-refractivity contribution in [1.29, 1.82) is 0 Å². The summed E-state index contributed by atoms with van der Waals surface area (Å²) < 4.78 is 5.66. The van der Waals surface area contributed by atoms with E-state index in [9.17, 15) is 0 Å². The number of nitrogens with zero attached hydrogens (tertiary/aromatic N) is 3. The van der Waals surface area contributed by atoms with E-state index in [-0.39, 0.29) is 6.04 Å². The number of thiazole rings is 1. The van der Waals surface area contributed by atoms with E-state index >= 15 is 0 Å². The monoisotopic (exact) mass is 347 g/mol. The highest BCUT2D eigenvalue weighted by atomic mass is 32.1. The van der Waals surface area contributed by atoms with Crippen LogP contribution in [-0.2, 0) is 6.54 Å². The first-order chi connectivity index (χ1) is 11.8. The number of likely N-dealkylation sites (tertiary alicyclic amines) is 1. The van der Waals surface area contributed by atoms with Crippen LogP contribution in [0.25, 0.3) is 0 Å². The summed E-state index contributed by atoms with van der Waals surface area (Å²) in [6, 6.07) is 4.26. The molecule has 7 heteroatoms. The molecule has 0 radical (unpaired) electrons. The van der Waals surface area contributed by atoms with Gasteiger partial charge in [0.25, 0.3) is 0 Å². The van der Waals surface area contributed by atoms with Crippen molar-refractivity contribution in [1.82, 2.24) is 20.5 Å². The van der Waals surface area contributed by atoms with Crippen LogP contribution >= 0.6 is 11.3 Å². The maximum Gasteiger partial charge on any atom is 0.191 e. The molecule has 0 aliphatic carbocycles. The lowest BCUT2D eigenvalue weighted by molar-refractivity contribution is 0.215. The molecule has 2 N–H and O–H groups in total. The van der Waals surface area contributed by atoms with Gasteiger partial charge in [0.1, 0.15) is 5.76 Å². The van der Waals surface area contributed by atoms with Gasteiger partial charge in [0, 0.05) is 18.5 Å². The standard InChI is InChI=1S/C17H25N5OS/c1-13-16(24-12-21-13)11-20-17(18-2)19-10-14(15-6-5-9-23-15)22-7-3-4-8-22/h5-6,9,12,14H,3-4,7-8,10-11H2,1-2H3,(H2,18,19,20). The van der Waals surface area contributed by atoms with Crippen molar-refractivity contribution < 1.29 is 4.42 Å². The van der Waals surface area contributed by atoms with Gasteiger partial charge < -0.3 is 15.1 Å². The maximum atomic E-state index is 5.66. The molecular formula is C17H25N5OS. The first-order valence-electron chi connectivity index (χ1n) is 8.39. The van der Waals surface area contributed by atoms with Gasteiger partial charge in [-0.15, -0.1) is 11.3 Å². The highest BCUT2D eigenvalue weighted by molar-refractivity contribution is 7.09. The smallest absolute Gasteiger partial charge is 0.191 e. The lowest BCUT2D eigenvalue weighted by Gasteiger charge is -2.26. The predicted molar refractivity (Wildman–Crippen MR) is 97.3 cm³/mol. The number of rotatable bonds is 6. The zero-order valence-corrected chi connectivity index (χ0v) is 15.1. The maximum absolute atomic E-state index is 5.66. The summed E-state index contributed by atoms with van der Waals surface area (Å²) in [4.78, 5) is 12.3. The molecule has 1 fully saturated rings.